The number of hydrogen-bond donors (Lipinski definition) is 0. The summed E-state index contributed by atoms with van der Waals surface area (Å²) in [7, 11) is 6.20. The minimum Gasteiger partial charge on any atom is -0.497 e. The van der Waals surface area contributed by atoms with Gasteiger partial charge in [-0.2, -0.15) is 18.7 Å². The molecule has 0 saturated heterocycles. The monoisotopic (exact) mass is 826 g/mol. The summed E-state index contributed by atoms with van der Waals surface area (Å²) in [6, 6.07) is 31.2. The average molecular weight is 827 g/mol. The Labute approximate surface area is 345 Å². The molecule has 306 valence electrons. The van der Waals surface area contributed by atoms with Crippen molar-refractivity contribution >= 4 is 34.8 Å². The van der Waals surface area contributed by atoms with Crippen LogP contribution in [0.25, 0.3) is 0 Å². The van der Waals surface area contributed by atoms with Crippen LogP contribution in [0.5, 0.6) is 46.3 Å². The maximum absolute atomic E-state index is 13.9. The molecule has 0 aliphatic rings. The van der Waals surface area contributed by atoms with E-state index >= 15 is 0 Å². The third-order valence-electron chi connectivity index (χ3n) is 8.57. The molecule has 2 aromatic heterocycles. The first kappa shape index (κ1) is 43.2. The second-order valence-electron chi connectivity index (χ2n) is 12.5. The molecule has 4 aromatic carbocycles. The quantitative estimate of drug-likeness (QED) is 0.0982. The standard InChI is InChI=1S/C22H20ClFN2O4.C22H21FN2O4/c1-14(27)26(13-15-12-18(28-2)8-10-20(15)29-3)19-9-11-21(24)25-22(19)30-17-6-4-16(23)5-7-17;1-15(26)25(14-16-13-18(27-2)9-11-20(16)28-3)19-10-12-21(23)24-22(19)29-17-7-5-4-6-8-17/h4-12H,13H2,1-3H3;4-13H,14H2,1-3H3. The number of pyridine rings is 2. The van der Waals surface area contributed by atoms with Crippen LogP contribution >= 0.6 is 11.6 Å². The normalized spacial score (nSPS) is 10.4. The lowest BCUT2D eigenvalue weighted by Crippen LogP contribution is -2.28. The van der Waals surface area contributed by atoms with Gasteiger partial charge in [0.1, 0.15) is 45.9 Å². The van der Waals surface area contributed by atoms with E-state index in [1.165, 1.54) is 55.0 Å². The predicted octanol–water partition coefficient (Wildman–Crippen LogP) is 9.82. The van der Waals surface area contributed by atoms with E-state index in [0.29, 0.717) is 56.5 Å². The molecule has 59 heavy (non-hydrogen) atoms. The number of aromatic nitrogens is 2. The Morgan fingerprint density at radius 3 is 1.34 bits per heavy atom. The molecule has 0 saturated carbocycles. The molecular weight excluding hydrogens is 786 g/mol. The van der Waals surface area contributed by atoms with Gasteiger partial charge < -0.3 is 38.2 Å². The lowest BCUT2D eigenvalue weighted by atomic mass is 10.1. The summed E-state index contributed by atoms with van der Waals surface area (Å²) in [5.74, 6) is 1.27. The van der Waals surface area contributed by atoms with Gasteiger partial charge in [0.15, 0.2) is 0 Å². The van der Waals surface area contributed by atoms with Crippen LogP contribution < -0.4 is 38.2 Å². The smallest absolute Gasteiger partial charge is 0.246 e. The molecule has 0 bridgehead atoms. The zero-order valence-corrected chi connectivity index (χ0v) is 33.8. The number of nitrogens with zero attached hydrogens (tertiary/aromatic N) is 4. The van der Waals surface area contributed by atoms with Gasteiger partial charge >= 0.3 is 0 Å². The van der Waals surface area contributed by atoms with Crippen molar-refractivity contribution in [3.8, 4) is 46.3 Å². The van der Waals surface area contributed by atoms with Crippen molar-refractivity contribution in [2.45, 2.75) is 26.9 Å². The van der Waals surface area contributed by atoms with E-state index in [9.17, 15) is 18.4 Å². The van der Waals surface area contributed by atoms with E-state index in [1.54, 1.807) is 106 Å². The van der Waals surface area contributed by atoms with E-state index in [0.717, 1.165) is 5.56 Å². The van der Waals surface area contributed by atoms with Gasteiger partial charge in [-0.3, -0.25) is 9.59 Å². The summed E-state index contributed by atoms with van der Waals surface area (Å²) in [6.45, 7) is 3.12. The number of anilines is 2. The molecule has 0 aliphatic carbocycles. The largest absolute Gasteiger partial charge is 0.497 e. The molecule has 2 amide bonds. The SMILES string of the molecule is COc1ccc(OC)c(CN(C(C)=O)c2ccc(F)nc2Oc2ccc(Cl)cc2)c1.COc1ccc(OC)c(CN(C(C)=O)c2ccc(F)nc2Oc2ccccc2)c1. The highest BCUT2D eigenvalue weighted by Gasteiger charge is 2.23. The summed E-state index contributed by atoms with van der Waals surface area (Å²) < 4.78 is 60.6. The van der Waals surface area contributed by atoms with Gasteiger partial charge in [-0.15, -0.1) is 0 Å². The first-order chi connectivity index (χ1) is 28.4. The van der Waals surface area contributed by atoms with Crippen LogP contribution in [-0.2, 0) is 22.7 Å². The number of para-hydroxylation sites is 1. The molecule has 0 spiro atoms. The predicted molar refractivity (Wildman–Crippen MR) is 219 cm³/mol. The Balaban J connectivity index is 0.000000224. The highest BCUT2D eigenvalue weighted by molar-refractivity contribution is 6.30. The second-order valence-corrected chi connectivity index (χ2v) is 12.9. The number of methoxy groups -OCH3 is 4. The fraction of sp³-hybridized carbons (Fsp3) is 0.182. The number of benzene rings is 4. The van der Waals surface area contributed by atoms with Gasteiger partial charge in [-0.25, -0.2) is 0 Å². The number of ether oxygens (including phenoxy) is 6. The molecule has 6 aromatic rings. The molecule has 0 radical (unpaired) electrons. The third kappa shape index (κ3) is 11.6. The maximum Gasteiger partial charge on any atom is 0.246 e. The number of carbonyl (C=O) groups is 2. The highest BCUT2D eigenvalue weighted by atomic mass is 35.5. The fourth-order valence-corrected chi connectivity index (χ4v) is 5.81. The van der Waals surface area contributed by atoms with E-state index in [1.807, 2.05) is 6.07 Å². The lowest BCUT2D eigenvalue weighted by molar-refractivity contribution is -0.117. The van der Waals surface area contributed by atoms with Gasteiger partial charge in [-0.05, 0) is 97.1 Å². The van der Waals surface area contributed by atoms with Crippen molar-refractivity contribution in [1.29, 1.82) is 0 Å². The Kier molecular flexibility index (Phi) is 15.0. The van der Waals surface area contributed by atoms with Crippen LogP contribution in [0.2, 0.25) is 5.02 Å². The molecular formula is C44H41ClF2N4O8. The molecule has 0 fully saturated rings. The molecule has 15 heteroatoms. The van der Waals surface area contributed by atoms with Crippen molar-refractivity contribution in [3.63, 3.8) is 0 Å². The van der Waals surface area contributed by atoms with Crippen LogP contribution in [0.4, 0.5) is 20.2 Å². The summed E-state index contributed by atoms with van der Waals surface area (Å²) in [5.41, 5.74) is 2.07. The number of amides is 2. The molecule has 0 atom stereocenters. The Hall–Kier alpha value is -6.93. The van der Waals surface area contributed by atoms with Gasteiger partial charge in [0, 0.05) is 30.0 Å². The van der Waals surface area contributed by atoms with E-state index in [2.05, 4.69) is 9.97 Å². The Morgan fingerprint density at radius 1 is 0.542 bits per heavy atom. The number of carbonyl (C=O) groups excluding carboxylic acids is 2. The fourth-order valence-electron chi connectivity index (χ4n) is 5.68. The molecule has 0 aliphatic heterocycles. The average Bonchev–Trinajstić information content (AvgIpc) is 3.23. The minimum atomic E-state index is -0.731. The molecule has 6 rings (SSSR count). The van der Waals surface area contributed by atoms with Crippen LogP contribution in [0.3, 0.4) is 0 Å². The molecule has 0 unspecified atom stereocenters. The first-order valence-corrected chi connectivity index (χ1v) is 18.3. The second kappa shape index (κ2) is 20.5. The zero-order chi connectivity index (χ0) is 42.5. The molecule has 0 N–H and O–H groups in total. The van der Waals surface area contributed by atoms with Gasteiger partial charge in [0.05, 0.1) is 41.5 Å². The van der Waals surface area contributed by atoms with Crippen molar-refractivity contribution in [3.05, 3.63) is 143 Å². The van der Waals surface area contributed by atoms with Gasteiger partial charge in [0.2, 0.25) is 35.5 Å². The topological polar surface area (TPSA) is 122 Å². The molecule has 2 heterocycles. The van der Waals surface area contributed by atoms with E-state index in [-0.39, 0.29) is 36.7 Å². The lowest BCUT2D eigenvalue weighted by Gasteiger charge is -2.24. The number of hydrogen-bond acceptors (Lipinski definition) is 10. The number of rotatable bonds is 14. The van der Waals surface area contributed by atoms with E-state index < -0.39 is 11.9 Å². The van der Waals surface area contributed by atoms with Crippen molar-refractivity contribution in [2.24, 2.45) is 0 Å². The molecule has 12 nitrogen and oxygen atoms in total. The minimum absolute atomic E-state index is 0.00624. The van der Waals surface area contributed by atoms with Crippen LogP contribution in [-0.4, -0.2) is 50.2 Å². The zero-order valence-electron chi connectivity index (χ0n) is 33.1. The third-order valence-corrected chi connectivity index (χ3v) is 8.82. The maximum atomic E-state index is 13.9. The van der Waals surface area contributed by atoms with Crippen molar-refractivity contribution in [2.75, 3.05) is 38.2 Å². The van der Waals surface area contributed by atoms with Crippen LogP contribution in [0.15, 0.2) is 115 Å². The Morgan fingerprint density at radius 2 is 0.949 bits per heavy atom. The van der Waals surface area contributed by atoms with Crippen molar-refractivity contribution in [1.82, 2.24) is 9.97 Å². The Bertz CT molecular complexity index is 2370. The summed E-state index contributed by atoms with van der Waals surface area (Å²) >= 11 is 5.90. The van der Waals surface area contributed by atoms with Gasteiger partial charge in [-0.1, -0.05) is 29.8 Å². The van der Waals surface area contributed by atoms with Crippen molar-refractivity contribution < 1.29 is 46.8 Å². The highest BCUT2D eigenvalue weighted by Crippen LogP contribution is 2.36. The summed E-state index contributed by atoms with van der Waals surface area (Å²) in [5, 5.41) is 0.533. The summed E-state index contributed by atoms with van der Waals surface area (Å²) in [4.78, 5) is 35.5. The summed E-state index contributed by atoms with van der Waals surface area (Å²) in [6.07, 6.45) is 0. The number of halogens is 3. The van der Waals surface area contributed by atoms with Crippen LogP contribution in [0.1, 0.15) is 25.0 Å². The van der Waals surface area contributed by atoms with Gasteiger partial charge in [0.25, 0.3) is 0 Å². The van der Waals surface area contributed by atoms with E-state index in [4.69, 9.17) is 40.0 Å². The van der Waals surface area contributed by atoms with Crippen LogP contribution in [0, 0.1) is 11.9 Å². The first-order valence-electron chi connectivity index (χ1n) is 17.9.